The predicted octanol–water partition coefficient (Wildman–Crippen LogP) is 1.01. The highest BCUT2D eigenvalue weighted by atomic mass is 32.2. The summed E-state index contributed by atoms with van der Waals surface area (Å²) in [5, 5.41) is 11.7. The van der Waals surface area contributed by atoms with Crippen molar-refractivity contribution in [1.82, 2.24) is 10.2 Å². The van der Waals surface area contributed by atoms with Crippen molar-refractivity contribution in [3.8, 4) is 0 Å². The lowest BCUT2D eigenvalue weighted by Gasteiger charge is -2.32. The number of methoxy groups -OCH3 is 1. The van der Waals surface area contributed by atoms with Gasteiger partial charge in [0.1, 0.15) is 6.04 Å². The zero-order valence-corrected chi connectivity index (χ0v) is 12.2. The Kier molecular flexibility index (Phi) is 7.01. The van der Waals surface area contributed by atoms with Gasteiger partial charge in [0.25, 0.3) is 0 Å². The van der Waals surface area contributed by atoms with Crippen molar-refractivity contribution in [2.45, 2.75) is 31.4 Å². The Bertz CT molecular complexity index is 306. The molecule has 0 saturated carbocycles. The summed E-state index contributed by atoms with van der Waals surface area (Å²) < 4.78 is 5.24. The van der Waals surface area contributed by atoms with Crippen molar-refractivity contribution in [1.29, 1.82) is 0 Å². The third kappa shape index (κ3) is 5.28. The van der Waals surface area contributed by atoms with E-state index in [1.807, 2.05) is 6.26 Å². The number of carboxylic acid groups (broad SMARTS) is 1. The Morgan fingerprint density at radius 2 is 2.11 bits per heavy atom. The summed E-state index contributed by atoms with van der Waals surface area (Å²) in [6.07, 6.45) is 4.15. The number of carboxylic acids is 1. The first-order valence-corrected chi connectivity index (χ1v) is 7.77. The van der Waals surface area contributed by atoms with Gasteiger partial charge in [-0.25, -0.2) is 9.59 Å². The minimum atomic E-state index is -0.978. The third-order valence-corrected chi connectivity index (χ3v) is 3.91. The van der Waals surface area contributed by atoms with Crippen molar-refractivity contribution in [3.05, 3.63) is 0 Å². The second-order valence-corrected chi connectivity index (χ2v) is 5.53. The highest BCUT2D eigenvalue weighted by Gasteiger charge is 2.26. The smallest absolute Gasteiger partial charge is 0.326 e. The average Bonchev–Trinajstić information content (AvgIpc) is 2.43. The van der Waals surface area contributed by atoms with Gasteiger partial charge in [0.15, 0.2) is 0 Å². The minimum Gasteiger partial charge on any atom is -0.480 e. The summed E-state index contributed by atoms with van der Waals surface area (Å²) in [5.74, 6) is -0.266. The molecule has 19 heavy (non-hydrogen) atoms. The molecular formula is C12H22N2O4S. The number of carbonyl (C=O) groups is 2. The molecule has 0 aromatic carbocycles. The molecule has 1 heterocycles. The fraction of sp³-hybridized carbons (Fsp3) is 0.833. The molecule has 1 rings (SSSR count). The molecule has 1 saturated heterocycles. The molecule has 1 aliphatic rings. The Morgan fingerprint density at radius 3 is 2.58 bits per heavy atom. The molecule has 0 aromatic heterocycles. The number of nitrogens with one attached hydrogen (secondary N) is 1. The summed E-state index contributed by atoms with van der Waals surface area (Å²) in [7, 11) is 1.67. The van der Waals surface area contributed by atoms with Gasteiger partial charge >= 0.3 is 12.0 Å². The number of ether oxygens (including phenoxy) is 1. The fourth-order valence-corrected chi connectivity index (χ4v) is 2.50. The number of likely N-dealkylation sites (tertiary alicyclic amines) is 1. The van der Waals surface area contributed by atoms with Gasteiger partial charge in [-0.15, -0.1) is 0 Å². The number of piperidine rings is 1. The third-order valence-electron chi connectivity index (χ3n) is 3.27. The molecule has 0 aliphatic carbocycles. The number of hydrogen-bond donors (Lipinski definition) is 2. The van der Waals surface area contributed by atoms with Gasteiger partial charge in [0, 0.05) is 20.2 Å². The van der Waals surface area contributed by atoms with Crippen LogP contribution in [0.5, 0.6) is 0 Å². The van der Waals surface area contributed by atoms with E-state index >= 15 is 0 Å². The molecule has 0 aromatic rings. The molecule has 1 aliphatic heterocycles. The van der Waals surface area contributed by atoms with Crippen LogP contribution in [-0.4, -0.2) is 66.4 Å². The molecule has 0 spiro atoms. The van der Waals surface area contributed by atoms with Gasteiger partial charge in [-0.2, -0.15) is 11.8 Å². The topological polar surface area (TPSA) is 78.9 Å². The van der Waals surface area contributed by atoms with Gasteiger partial charge < -0.3 is 20.1 Å². The van der Waals surface area contributed by atoms with Crippen molar-refractivity contribution in [2.75, 3.05) is 32.2 Å². The Labute approximate surface area is 117 Å². The number of amides is 2. The van der Waals surface area contributed by atoms with E-state index in [0.717, 1.165) is 12.8 Å². The average molecular weight is 290 g/mol. The first-order valence-electron chi connectivity index (χ1n) is 6.38. The van der Waals surface area contributed by atoms with Crippen molar-refractivity contribution < 1.29 is 19.4 Å². The zero-order chi connectivity index (χ0) is 14.3. The molecule has 0 bridgehead atoms. The summed E-state index contributed by atoms with van der Waals surface area (Å²) >= 11 is 1.57. The molecule has 6 nitrogen and oxygen atoms in total. The van der Waals surface area contributed by atoms with E-state index < -0.39 is 12.0 Å². The van der Waals surface area contributed by atoms with Gasteiger partial charge in [-0.05, 0) is 31.3 Å². The van der Waals surface area contributed by atoms with Gasteiger partial charge in [0.05, 0.1) is 6.10 Å². The Balaban J connectivity index is 2.42. The molecule has 7 heteroatoms. The predicted molar refractivity (Wildman–Crippen MR) is 74.6 cm³/mol. The largest absolute Gasteiger partial charge is 0.480 e. The van der Waals surface area contributed by atoms with Crippen LogP contribution in [0.1, 0.15) is 19.3 Å². The highest BCUT2D eigenvalue weighted by molar-refractivity contribution is 7.98. The summed E-state index contributed by atoms with van der Waals surface area (Å²) in [5.41, 5.74) is 0. The van der Waals surface area contributed by atoms with Crippen molar-refractivity contribution in [3.63, 3.8) is 0 Å². The maximum Gasteiger partial charge on any atom is 0.326 e. The monoisotopic (exact) mass is 290 g/mol. The van der Waals surface area contributed by atoms with Crippen molar-refractivity contribution in [2.24, 2.45) is 0 Å². The van der Waals surface area contributed by atoms with Crippen LogP contribution in [0.15, 0.2) is 0 Å². The van der Waals surface area contributed by atoms with E-state index in [9.17, 15) is 9.59 Å². The summed E-state index contributed by atoms with van der Waals surface area (Å²) in [4.78, 5) is 24.7. The number of aliphatic carboxylic acids is 1. The fourth-order valence-electron chi connectivity index (χ4n) is 2.03. The minimum absolute atomic E-state index is 0.204. The van der Waals surface area contributed by atoms with E-state index in [2.05, 4.69) is 5.32 Å². The number of rotatable bonds is 6. The summed E-state index contributed by atoms with van der Waals surface area (Å²) in [6, 6.07) is -1.09. The second kappa shape index (κ2) is 8.27. The molecular weight excluding hydrogens is 268 g/mol. The van der Waals surface area contributed by atoms with Crippen LogP contribution in [0, 0.1) is 0 Å². The number of carbonyl (C=O) groups excluding carboxylic acids is 1. The van der Waals surface area contributed by atoms with E-state index in [1.165, 1.54) is 0 Å². The Hall–Kier alpha value is -0.950. The maximum absolute atomic E-state index is 12.0. The summed E-state index contributed by atoms with van der Waals surface area (Å²) in [6.45, 7) is 1.22. The number of nitrogens with zero attached hydrogens (tertiary/aromatic N) is 1. The lowest BCUT2D eigenvalue weighted by atomic mass is 10.1. The van der Waals surface area contributed by atoms with E-state index in [-0.39, 0.29) is 12.1 Å². The van der Waals surface area contributed by atoms with Crippen LogP contribution in [0.3, 0.4) is 0 Å². The van der Waals surface area contributed by atoms with Crippen LogP contribution in [0.4, 0.5) is 4.79 Å². The first kappa shape index (κ1) is 16.1. The first-order chi connectivity index (χ1) is 9.08. The number of hydrogen-bond acceptors (Lipinski definition) is 4. The van der Waals surface area contributed by atoms with E-state index in [1.54, 1.807) is 23.8 Å². The van der Waals surface area contributed by atoms with Gasteiger partial charge in [0.2, 0.25) is 0 Å². The van der Waals surface area contributed by atoms with Crippen LogP contribution in [0.2, 0.25) is 0 Å². The Morgan fingerprint density at radius 1 is 1.47 bits per heavy atom. The van der Waals surface area contributed by atoms with E-state index in [4.69, 9.17) is 9.84 Å². The normalized spacial score (nSPS) is 18.1. The molecule has 110 valence electrons. The van der Waals surface area contributed by atoms with Crippen LogP contribution in [0.25, 0.3) is 0 Å². The molecule has 0 radical (unpaired) electrons. The maximum atomic E-state index is 12.0. The van der Waals surface area contributed by atoms with Gasteiger partial charge in [-0.1, -0.05) is 0 Å². The molecule has 1 atom stereocenters. The second-order valence-electron chi connectivity index (χ2n) is 4.54. The molecule has 0 unspecified atom stereocenters. The zero-order valence-electron chi connectivity index (χ0n) is 11.4. The molecule has 2 amide bonds. The van der Waals surface area contributed by atoms with E-state index in [0.29, 0.717) is 25.3 Å². The number of thioether (sulfide) groups is 1. The van der Waals surface area contributed by atoms with Crippen LogP contribution >= 0.6 is 11.8 Å². The SMILES string of the molecule is COC1CCN(C(=O)N[C@@H](CCSC)C(=O)O)CC1. The lowest BCUT2D eigenvalue weighted by molar-refractivity contribution is -0.139. The quantitative estimate of drug-likeness (QED) is 0.763. The highest BCUT2D eigenvalue weighted by Crippen LogP contribution is 2.13. The van der Waals surface area contributed by atoms with Crippen LogP contribution in [-0.2, 0) is 9.53 Å². The standard InChI is InChI=1S/C12H22N2O4S/c1-18-9-3-6-14(7-4-9)12(17)13-10(11(15)16)5-8-19-2/h9-10H,3-8H2,1-2H3,(H,13,17)(H,15,16)/t10-/m0/s1. The van der Waals surface area contributed by atoms with Gasteiger partial charge in [-0.3, -0.25) is 0 Å². The lowest BCUT2D eigenvalue weighted by Crippen LogP contribution is -2.51. The van der Waals surface area contributed by atoms with Crippen molar-refractivity contribution >= 4 is 23.8 Å². The molecule has 2 N–H and O–H groups in total. The molecule has 1 fully saturated rings. The van der Waals surface area contributed by atoms with Crippen LogP contribution < -0.4 is 5.32 Å². The number of urea groups is 1.